The minimum atomic E-state index is -0.599. The number of piperazine rings is 1. The smallest absolute Gasteiger partial charge is 0.165 e. The summed E-state index contributed by atoms with van der Waals surface area (Å²) in [7, 11) is 1.99. The van der Waals surface area contributed by atoms with E-state index in [2.05, 4.69) is 78.3 Å². The Balaban J connectivity index is 1.63. The van der Waals surface area contributed by atoms with Crippen molar-refractivity contribution in [3.05, 3.63) is 47.0 Å². The number of nitrogens with one attached hydrogen (secondary N) is 2. The van der Waals surface area contributed by atoms with Gasteiger partial charge in [-0.25, -0.2) is 15.0 Å². The SMILES string of the molecule is Cc1cccc(C2CN(C(Nc3ncnc4c3nc(C(C)(C)C)n4C)C(C)O)CCN2)c1C. The molecule has 4 rings (SSSR count). The van der Waals surface area contributed by atoms with E-state index in [1.54, 1.807) is 6.33 Å². The van der Waals surface area contributed by atoms with Crippen molar-refractivity contribution in [1.29, 1.82) is 0 Å². The van der Waals surface area contributed by atoms with Crippen molar-refractivity contribution in [2.45, 2.75) is 65.3 Å². The molecule has 0 spiro atoms. The van der Waals surface area contributed by atoms with Crippen LogP contribution in [0.3, 0.4) is 0 Å². The van der Waals surface area contributed by atoms with Crippen LogP contribution in [-0.2, 0) is 12.5 Å². The Morgan fingerprint density at radius 2 is 1.97 bits per heavy atom. The van der Waals surface area contributed by atoms with Crippen molar-refractivity contribution >= 4 is 17.0 Å². The fourth-order valence-corrected chi connectivity index (χ4v) is 4.82. The number of benzene rings is 1. The number of hydrogen-bond acceptors (Lipinski definition) is 7. The number of hydrogen-bond donors (Lipinski definition) is 3. The van der Waals surface area contributed by atoms with E-state index in [9.17, 15) is 5.11 Å². The maximum atomic E-state index is 10.7. The minimum Gasteiger partial charge on any atom is -0.390 e. The van der Waals surface area contributed by atoms with Crippen LogP contribution >= 0.6 is 0 Å². The quantitative estimate of drug-likeness (QED) is 0.549. The second-order valence-electron chi connectivity index (χ2n) is 10.3. The first-order valence-electron chi connectivity index (χ1n) is 11.7. The molecule has 1 aliphatic heterocycles. The lowest BCUT2D eigenvalue weighted by Crippen LogP contribution is -2.56. The average Bonchev–Trinajstić information content (AvgIpc) is 3.11. The van der Waals surface area contributed by atoms with Crippen molar-refractivity contribution in [3.63, 3.8) is 0 Å². The molecule has 0 amide bonds. The fraction of sp³-hybridized carbons (Fsp3) is 0.560. The average molecular weight is 452 g/mol. The lowest BCUT2D eigenvalue weighted by atomic mass is 9.95. The number of aryl methyl sites for hydroxylation is 2. The van der Waals surface area contributed by atoms with Crippen molar-refractivity contribution in [2.24, 2.45) is 7.05 Å². The van der Waals surface area contributed by atoms with Gasteiger partial charge in [0.25, 0.3) is 0 Å². The zero-order chi connectivity index (χ0) is 23.9. The van der Waals surface area contributed by atoms with Crippen LogP contribution in [0.5, 0.6) is 0 Å². The van der Waals surface area contributed by atoms with Crippen LogP contribution in [0.1, 0.15) is 56.3 Å². The molecule has 0 radical (unpaired) electrons. The predicted octanol–water partition coefficient (Wildman–Crippen LogP) is 3.04. The van der Waals surface area contributed by atoms with E-state index < -0.39 is 6.10 Å². The Hall–Kier alpha value is -2.55. The first-order chi connectivity index (χ1) is 15.6. The largest absolute Gasteiger partial charge is 0.390 e. The van der Waals surface area contributed by atoms with E-state index in [0.717, 1.165) is 36.6 Å². The van der Waals surface area contributed by atoms with Crippen molar-refractivity contribution < 1.29 is 5.11 Å². The molecule has 3 heterocycles. The topological polar surface area (TPSA) is 91.1 Å². The number of fused-ring (bicyclic) bond motifs is 1. The zero-order valence-electron chi connectivity index (χ0n) is 20.8. The number of anilines is 1. The van der Waals surface area contributed by atoms with Gasteiger partial charge in [-0.2, -0.15) is 0 Å². The monoisotopic (exact) mass is 451 g/mol. The molecule has 1 aromatic carbocycles. The van der Waals surface area contributed by atoms with Gasteiger partial charge >= 0.3 is 0 Å². The predicted molar refractivity (Wildman–Crippen MR) is 132 cm³/mol. The number of rotatable bonds is 5. The highest BCUT2D eigenvalue weighted by molar-refractivity contribution is 5.83. The highest BCUT2D eigenvalue weighted by atomic mass is 16.3. The fourth-order valence-electron chi connectivity index (χ4n) is 4.82. The second kappa shape index (κ2) is 9.00. The third-order valence-electron chi connectivity index (χ3n) is 6.69. The van der Waals surface area contributed by atoms with Gasteiger partial charge in [-0.05, 0) is 37.5 Å². The normalized spacial score (nSPS) is 19.6. The molecule has 8 heteroatoms. The molecule has 0 bridgehead atoms. The molecule has 1 aliphatic rings. The van der Waals surface area contributed by atoms with Crippen LogP contribution in [0.15, 0.2) is 24.5 Å². The first-order valence-corrected chi connectivity index (χ1v) is 11.7. The van der Waals surface area contributed by atoms with E-state index in [-0.39, 0.29) is 17.6 Å². The van der Waals surface area contributed by atoms with Crippen LogP contribution in [-0.4, -0.2) is 61.4 Å². The number of aliphatic hydroxyl groups is 1. The zero-order valence-corrected chi connectivity index (χ0v) is 20.8. The third-order valence-corrected chi connectivity index (χ3v) is 6.69. The molecule has 8 nitrogen and oxygen atoms in total. The molecule has 3 aromatic rings. The van der Waals surface area contributed by atoms with Gasteiger partial charge in [-0.3, -0.25) is 4.90 Å². The van der Waals surface area contributed by atoms with Gasteiger partial charge in [0.05, 0.1) is 6.10 Å². The Morgan fingerprint density at radius 1 is 1.21 bits per heavy atom. The summed E-state index contributed by atoms with van der Waals surface area (Å²) in [5.41, 5.74) is 5.33. The number of aromatic nitrogens is 4. The lowest BCUT2D eigenvalue weighted by molar-refractivity contribution is 0.0567. The molecule has 33 heavy (non-hydrogen) atoms. The summed E-state index contributed by atoms with van der Waals surface area (Å²) in [5, 5.41) is 17.9. The second-order valence-corrected chi connectivity index (χ2v) is 10.3. The van der Waals surface area contributed by atoms with E-state index in [1.165, 1.54) is 16.7 Å². The van der Waals surface area contributed by atoms with Gasteiger partial charge in [0.2, 0.25) is 0 Å². The van der Waals surface area contributed by atoms with E-state index in [4.69, 9.17) is 4.98 Å². The Bertz CT molecular complexity index is 1130. The standard InChI is InChI=1S/C25H37N7O/c1-15-9-8-10-18(16(15)2)19-13-32(12-11-26-19)22(17(3)33)30-21-20-23(28-14-27-21)31(7)24(29-20)25(4,5)6/h8-10,14,17,19,22,26,33H,11-13H2,1-7H3,(H,27,28,30). The van der Waals surface area contributed by atoms with E-state index >= 15 is 0 Å². The maximum absolute atomic E-state index is 10.7. The maximum Gasteiger partial charge on any atom is 0.165 e. The molecule has 3 atom stereocenters. The Morgan fingerprint density at radius 3 is 2.67 bits per heavy atom. The summed E-state index contributed by atoms with van der Waals surface area (Å²) in [6.45, 7) is 15.0. The van der Waals surface area contributed by atoms with Gasteiger partial charge < -0.3 is 20.3 Å². The molecular weight excluding hydrogens is 414 g/mol. The number of imidazole rings is 1. The van der Waals surface area contributed by atoms with Crippen LogP contribution < -0.4 is 10.6 Å². The molecule has 0 aliphatic carbocycles. The molecule has 3 N–H and O–H groups in total. The summed E-state index contributed by atoms with van der Waals surface area (Å²) >= 11 is 0. The summed E-state index contributed by atoms with van der Waals surface area (Å²) < 4.78 is 2.03. The molecule has 1 saturated heterocycles. The highest BCUT2D eigenvalue weighted by Crippen LogP contribution is 2.29. The van der Waals surface area contributed by atoms with Crippen molar-refractivity contribution in [3.8, 4) is 0 Å². The number of nitrogens with zero attached hydrogens (tertiary/aromatic N) is 5. The van der Waals surface area contributed by atoms with E-state index in [0.29, 0.717) is 5.82 Å². The summed E-state index contributed by atoms with van der Waals surface area (Å²) in [6.07, 6.45) is 0.672. The van der Waals surface area contributed by atoms with E-state index in [1.807, 2.05) is 18.5 Å². The van der Waals surface area contributed by atoms with Crippen molar-refractivity contribution in [2.75, 3.05) is 25.0 Å². The van der Waals surface area contributed by atoms with Gasteiger partial charge in [-0.1, -0.05) is 39.0 Å². The lowest BCUT2D eigenvalue weighted by Gasteiger charge is -2.41. The Kier molecular flexibility index (Phi) is 6.44. The molecule has 3 unspecified atom stereocenters. The van der Waals surface area contributed by atoms with Crippen LogP contribution in [0.2, 0.25) is 0 Å². The molecule has 2 aromatic heterocycles. The van der Waals surface area contributed by atoms with Gasteiger partial charge in [0, 0.05) is 38.1 Å². The molecule has 178 valence electrons. The minimum absolute atomic E-state index is 0.117. The van der Waals surface area contributed by atoms with Gasteiger partial charge in [-0.15, -0.1) is 0 Å². The molecule has 0 saturated carbocycles. The molecule has 1 fully saturated rings. The van der Waals surface area contributed by atoms with Crippen LogP contribution in [0.25, 0.3) is 11.2 Å². The first kappa shape index (κ1) is 23.6. The Labute approximate surface area is 196 Å². The third kappa shape index (κ3) is 4.60. The number of aliphatic hydroxyl groups excluding tert-OH is 1. The highest BCUT2D eigenvalue weighted by Gasteiger charge is 2.31. The van der Waals surface area contributed by atoms with Crippen LogP contribution in [0.4, 0.5) is 5.82 Å². The summed E-state index contributed by atoms with van der Waals surface area (Å²) in [5.74, 6) is 1.60. The molecular formula is C25H37N7O. The van der Waals surface area contributed by atoms with Crippen molar-refractivity contribution in [1.82, 2.24) is 29.7 Å². The summed E-state index contributed by atoms with van der Waals surface area (Å²) in [4.78, 5) is 16.2. The van der Waals surface area contributed by atoms with Crippen LogP contribution in [0, 0.1) is 13.8 Å². The van der Waals surface area contributed by atoms with Gasteiger partial charge in [0.15, 0.2) is 17.0 Å². The van der Waals surface area contributed by atoms with Gasteiger partial charge in [0.1, 0.15) is 18.3 Å². The summed E-state index contributed by atoms with van der Waals surface area (Å²) in [6, 6.07) is 6.67.